The van der Waals surface area contributed by atoms with E-state index in [-0.39, 0.29) is 35.5 Å². The summed E-state index contributed by atoms with van der Waals surface area (Å²) in [5, 5.41) is 11.3. The molecular weight excluding hydrogens is 380 g/mol. The van der Waals surface area contributed by atoms with Crippen molar-refractivity contribution in [1.29, 1.82) is 0 Å². The number of benzene rings is 1. The van der Waals surface area contributed by atoms with Crippen LogP contribution in [0, 0.1) is 6.92 Å². The number of nitrogens with zero attached hydrogens (tertiary/aromatic N) is 5. The molecule has 2 heterocycles. The Morgan fingerprint density at radius 1 is 1.22 bits per heavy atom. The Bertz CT molecular complexity index is 1020. The molecule has 0 N–H and O–H groups in total. The molecule has 144 valence electrons. The molecule has 8 nitrogen and oxygen atoms in total. The van der Waals surface area contributed by atoms with Gasteiger partial charge in [-0.15, -0.1) is 10.2 Å². The molecule has 0 bridgehead atoms. The molecule has 0 spiro atoms. The van der Waals surface area contributed by atoms with Crippen molar-refractivity contribution < 1.29 is 21.6 Å². The van der Waals surface area contributed by atoms with Gasteiger partial charge in [0, 0.05) is 12.1 Å². The molecule has 0 unspecified atom stereocenters. The van der Waals surface area contributed by atoms with Gasteiger partial charge in [-0.05, 0) is 19.1 Å². The van der Waals surface area contributed by atoms with Gasteiger partial charge in [0.15, 0.2) is 0 Å². The Kier molecular flexibility index (Phi) is 5.33. The maximum atomic E-state index is 12.9. The third-order valence-electron chi connectivity index (χ3n) is 3.95. The van der Waals surface area contributed by atoms with Gasteiger partial charge in [-0.1, -0.05) is 25.1 Å². The largest absolute Gasteiger partial charge is 0.419 e. The van der Waals surface area contributed by atoms with Crippen molar-refractivity contribution in [3.8, 4) is 11.5 Å². The van der Waals surface area contributed by atoms with Crippen LogP contribution in [0.5, 0.6) is 0 Å². The summed E-state index contributed by atoms with van der Waals surface area (Å²) in [4.78, 5) is -0.285. The number of halogens is 2. The first kappa shape index (κ1) is 19.1. The van der Waals surface area contributed by atoms with Crippen LogP contribution in [0.25, 0.3) is 11.5 Å². The molecule has 0 saturated carbocycles. The second kappa shape index (κ2) is 7.53. The number of rotatable bonds is 7. The predicted molar refractivity (Wildman–Crippen MR) is 91.2 cm³/mol. The van der Waals surface area contributed by atoms with Crippen LogP contribution in [0.4, 0.5) is 8.78 Å². The number of alkyl halides is 2. The van der Waals surface area contributed by atoms with Crippen LogP contribution >= 0.6 is 0 Å². The summed E-state index contributed by atoms with van der Waals surface area (Å²) in [6.45, 7) is -0.116. The molecule has 1 aromatic carbocycles. The zero-order valence-corrected chi connectivity index (χ0v) is 15.4. The van der Waals surface area contributed by atoms with E-state index in [2.05, 4.69) is 15.3 Å². The van der Waals surface area contributed by atoms with E-state index in [1.807, 2.05) is 18.2 Å². The summed E-state index contributed by atoms with van der Waals surface area (Å²) in [5.74, 6) is 0.360. The summed E-state index contributed by atoms with van der Waals surface area (Å²) in [6.07, 6.45) is 0.919. The average Bonchev–Trinajstić information content (AvgIpc) is 3.27. The van der Waals surface area contributed by atoms with Crippen LogP contribution < -0.4 is 0 Å². The van der Waals surface area contributed by atoms with Crippen molar-refractivity contribution >= 4 is 10.0 Å². The third-order valence-corrected chi connectivity index (χ3v) is 5.98. The molecule has 11 heteroatoms. The van der Waals surface area contributed by atoms with Crippen molar-refractivity contribution in [1.82, 2.24) is 24.3 Å². The Labute approximate surface area is 154 Å². The van der Waals surface area contributed by atoms with Crippen LogP contribution in [-0.4, -0.2) is 39.2 Å². The van der Waals surface area contributed by atoms with E-state index in [1.54, 1.807) is 19.1 Å². The minimum atomic E-state index is -4.06. The molecule has 0 aliphatic rings. The predicted octanol–water partition coefficient (Wildman–Crippen LogP) is 2.85. The molecule has 3 rings (SSSR count). The minimum absolute atomic E-state index is 0.0880. The van der Waals surface area contributed by atoms with E-state index in [4.69, 9.17) is 4.42 Å². The molecule has 0 fully saturated rings. The van der Waals surface area contributed by atoms with Crippen molar-refractivity contribution in [2.45, 2.75) is 31.8 Å². The van der Waals surface area contributed by atoms with Gasteiger partial charge in [-0.2, -0.15) is 18.2 Å². The van der Waals surface area contributed by atoms with Gasteiger partial charge in [0.1, 0.15) is 4.90 Å². The summed E-state index contributed by atoms with van der Waals surface area (Å²) in [5.41, 5.74) is 0.565. The highest BCUT2D eigenvalue weighted by Gasteiger charge is 2.30. The molecule has 0 atom stereocenters. The van der Waals surface area contributed by atoms with Crippen LogP contribution in [-0.2, 0) is 16.6 Å². The highest BCUT2D eigenvalue weighted by molar-refractivity contribution is 7.89. The molecule has 27 heavy (non-hydrogen) atoms. The smallest absolute Gasteiger partial charge is 0.333 e. The molecule has 0 aliphatic carbocycles. The number of sulfonamides is 1. The van der Waals surface area contributed by atoms with Crippen molar-refractivity contribution in [2.75, 3.05) is 6.54 Å². The minimum Gasteiger partial charge on any atom is -0.419 e. The van der Waals surface area contributed by atoms with Crippen LogP contribution in [0.1, 0.15) is 25.1 Å². The monoisotopic (exact) mass is 397 g/mol. The molecule has 0 radical (unpaired) electrons. The van der Waals surface area contributed by atoms with Gasteiger partial charge in [-0.25, -0.2) is 13.1 Å². The highest BCUT2D eigenvalue weighted by atomic mass is 32.2. The quantitative estimate of drug-likeness (QED) is 0.609. The number of aromatic nitrogens is 4. The lowest BCUT2D eigenvalue weighted by Gasteiger charge is -2.18. The van der Waals surface area contributed by atoms with E-state index in [0.717, 1.165) is 10.5 Å². The van der Waals surface area contributed by atoms with Gasteiger partial charge in [0.05, 0.1) is 18.4 Å². The molecule has 2 aromatic heterocycles. The Morgan fingerprint density at radius 2 is 1.93 bits per heavy atom. The number of hydrogen-bond acceptors (Lipinski definition) is 6. The first-order chi connectivity index (χ1) is 12.8. The first-order valence-electron chi connectivity index (χ1n) is 8.04. The van der Waals surface area contributed by atoms with Gasteiger partial charge < -0.3 is 4.42 Å². The second-order valence-corrected chi connectivity index (χ2v) is 7.52. The topological polar surface area (TPSA) is 94.1 Å². The summed E-state index contributed by atoms with van der Waals surface area (Å²) >= 11 is 0. The molecule has 0 amide bonds. The summed E-state index contributed by atoms with van der Waals surface area (Å²) in [7, 11) is -4.06. The lowest BCUT2D eigenvalue weighted by atomic mass is 10.2. The number of hydrogen-bond donors (Lipinski definition) is 0. The average molecular weight is 397 g/mol. The van der Waals surface area contributed by atoms with Gasteiger partial charge in [0.25, 0.3) is 0 Å². The van der Waals surface area contributed by atoms with Crippen molar-refractivity contribution in [3.05, 3.63) is 48.1 Å². The Balaban J connectivity index is 1.86. The molecule has 0 aliphatic heterocycles. The standard InChI is InChI=1S/C16H17F2N5O3S/c1-3-22(27(24,25)13-9-19-23(11(13)2)16(17)18)10-14-20-21-15(26-14)12-7-5-4-6-8-12/h4-9,16H,3,10H2,1-2H3. The fourth-order valence-corrected chi connectivity index (χ4v) is 4.07. The van der Waals surface area contributed by atoms with Gasteiger partial charge >= 0.3 is 6.55 Å². The normalized spacial score (nSPS) is 12.2. The molecule has 3 aromatic rings. The van der Waals surface area contributed by atoms with Crippen LogP contribution in [0.3, 0.4) is 0 Å². The summed E-state index contributed by atoms with van der Waals surface area (Å²) in [6, 6.07) is 9.03. The third kappa shape index (κ3) is 3.74. The lowest BCUT2D eigenvalue weighted by Crippen LogP contribution is -2.31. The fourth-order valence-electron chi connectivity index (χ4n) is 2.53. The van der Waals surface area contributed by atoms with E-state index in [0.29, 0.717) is 10.2 Å². The highest BCUT2D eigenvalue weighted by Crippen LogP contribution is 2.25. The molecular formula is C16H17F2N5O3S. The zero-order chi connectivity index (χ0) is 19.6. The van der Waals surface area contributed by atoms with Gasteiger partial charge in [-0.3, -0.25) is 0 Å². The van der Waals surface area contributed by atoms with Crippen LogP contribution in [0.15, 0.2) is 45.8 Å². The van der Waals surface area contributed by atoms with E-state index in [1.165, 1.54) is 6.92 Å². The second-order valence-electron chi connectivity index (χ2n) is 5.61. The lowest BCUT2D eigenvalue weighted by molar-refractivity contribution is 0.0541. The van der Waals surface area contributed by atoms with Gasteiger partial charge in [0.2, 0.25) is 21.8 Å². The summed E-state index contributed by atoms with van der Waals surface area (Å²) < 4.78 is 58.4. The Hall–Kier alpha value is -2.66. The van der Waals surface area contributed by atoms with Crippen LogP contribution in [0.2, 0.25) is 0 Å². The maximum absolute atomic E-state index is 12.9. The van der Waals surface area contributed by atoms with E-state index in [9.17, 15) is 17.2 Å². The first-order valence-corrected chi connectivity index (χ1v) is 9.48. The SMILES string of the molecule is CCN(Cc1nnc(-c2ccccc2)o1)S(=O)(=O)c1cnn(C(F)F)c1C. The fraction of sp³-hybridized carbons (Fsp3) is 0.312. The van der Waals surface area contributed by atoms with E-state index < -0.39 is 16.6 Å². The molecule has 0 saturated heterocycles. The Morgan fingerprint density at radius 3 is 2.52 bits per heavy atom. The van der Waals surface area contributed by atoms with E-state index >= 15 is 0 Å². The maximum Gasteiger partial charge on any atom is 0.333 e. The van der Waals surface area contributed by atoms with Crippen molar-refractivity contribution in [2.24, 2.45) is 0 Å². The zero-order valence-electron chi connectivity index (χ0n) is 14.6. The van der Waals surface area contributed by atoms with Crippen molar-refractivity contribution in [3.63, 3.8) is 0 Å².